The van der Waals surface area contributed by atoms with Gasteiger partial charge in [0.15, 0.2) is 0 Å². The van der Waals surface area contributed by atoms with Crippen molar-refractivity contribution in [2.45, 2.75) is 89.1 Å². The lowest BCUT2D eigenvalue weighted by Crippen LogP contribution is -2.60. The number of hydrogen-bond donors (Lipinski definition) is 1. The maximum Gasteiger partial charge on any atom is 0.226 e. The van der Waals surface area contributed by atoms with Crippen LogP contribution in [0.25, 0.3) is 0 Å². The molecule has 2 aliphatic heterocycles. The summed E-state index contributed by atoms with van der Waals surface area (Å²) in [6.45, 7) is 9.10. The van der Waals surface area contributed by atoms with Gasteiger partial charge in [-0.25, -0.2) is 0 Å². The Balaban J connectivity index is 1.17. The molecule has 4 nitrogen and oxygen atoms in total. The molecule has 0 aromatic heterocycles. The maximum absolute atomic E-state index is 13.9. The van der Waals surface area contributed by atoms with Gasteiger partial charge in [0.05, 0.1) is 5.41 Å². The van der Waals surface area contributed by atoms with Gasteiger partial charge < -0.3 is 10.2 Å². The second kappa shape index (κ2) is 8.09. The molecule has 4 aliphatic carbocycles. The minimum Gasteiger partial charge on any atom is -0.352 e. The van der Waals surface area contributed by atoms with Crippen molar-refractivity contribution in [2.75, 3.05) is 33.2 Å². The fraction of sp³-hybridized carbons (Fsp3) is 0.759. The van der Waals surface area contributed by atoms with Gasteiger partial charge in [0.2, 0.25) is 5.91 Å². The van der Waals surface area contributed by atoms with Crippen molar-refractivity contribution in [3.63, 3.8) is 0 Å². The van der Waals surface area contributed by atoms with Crippen LogP contribution < -0.4 is 5.32 Å². The van der Waals surface area contributed by atoms with E-state index in [1.807, 2.05) is 0 Å². The highest BCUT2D eigenvalue weighted by atomic mass is 16.2. The fourth-order valence-corrected chi connectivity index (χ4v) is 8.87. The summed E-state index contributed by atoms with van der Waals surface area (Å²) in [5.41, 5.74) is 4.42. The molecule has 2 saturated heterocycles. The lowest BCUT2D eigenvalue weighted by Gasteiger charge is -2.61. The van der Waals surface area contributed by atoms with Crippen molar-refractivity contribution in [3.8, 4) is 0 Å². The Labute approximate surface area is 200 Å². The summed E-state index contributed by atoms with van der Waals surface area (Å²) in [7, 11) is 2.24. The summed E-state index contributed by atoms with van der Waals surface area (Å²) in [6.07, 6.45) is 11.0. The molecule has 6 fully saturated rings. The standard InChI is InChI=1S/C29H43N3O/c1-20-4-5-24(12-21(20)2)28-14-22-13-23(15-28)17-29(16-22,19-28)27(33)30-25-6-11-32(18-25)26-7-9-31(3)10-8-26/h4-5,12,22-23,25-26H,6-11,13-19H2,1-3H3,(H,30,33). The first kappa shape index (κ1) is 22.1. The van der Waals surface area contributed by atoms with Crippen molar-refractivity contribution in [1.82, 2.24) is 15.1 Å². The van der Waals surface area contributed by atoms with E-state index < -0.39 is 0 Å². The lowest BCUT2D eigenvalue weighted by molar-refractivity contribution is -0.149. The molecule has 3 unspecified atom stereocenters. The summed E-state index contributed by atoms with van der Waals surface area (Å²) in [4.78, 5) is 19.1. The van der Waals surface area contributed by atoms with E-state index in [0.717, 1.165) is 56.7 Å². The molecular weight excluding hydrogens is 406 g/mol. The normalized spacial score (nSPS) is 39.3. The predicted octanol–water partition coefficient (Wildman–Crippen LogP) is 4.43. The van der Waals surface area contributed by atoms with E-state index in [1.165, 1.54) is 61.9 Å². The number of piperidine rings is 1. The Morgan fingerprint density at radius 3 is 2.39 bits per heavy atom. The number of aryl methyl sites for hydroxylation is 2. The molecule has 1 amide bonds. The van der Waals surface area contributed by atoms with Gasteiger partial charge in [0, 0.05) is 25.2 Å². The molecule has 1 aromatic carbocycles. The summed E-state index contributed by atoms with van der Waals surface area (Å²) in [5, 5.41) is 3.61. The zero-order valence-corrected chi connectivity index (χ0v) is 21.0. The van der Waals surface area contributed by atoms with Crippen molar-refractivity contribution < 1.29 is 4.79 Å². The van der Waals surface area contributed by atoms with Crippen molar-refractivity contribution in [2.24, 2.45) is 17.3 Å². The van der Waals surface area contributed by atoms with Gasteiger partial charge in [-0.1, -0.05) is 18.2 Å². The Morgan fingerprint density at radius 1 is 0.970 bits per heavy atom. The van der Waals surface area contributed by atoms with E-state index in [4.69, 9.17) is 0 Å². The molecule has 1 aromatic rings. The van der Waals surface area contributed by atoms with Crippen LogP contribution in [-0.2, 0) is 10.2 Å². The van der Waals surface area contributed by atoms with E-state index in [2.05, 4.69) is 54.2 Å². The number of benzene rings is 1. The Morgan fingerprint density at radius 2 is 1.70 bits per heavy atom. The average Bonchev–Trinajstić information content (AvgIpc) is 3.23. The third-order valence-electron chi connectivity index (χ3n) is 10.4. The molecule has 0 spiro atoms. The Bertz CT molecular complexity index is 903. The van der Waals surface area contributed by atoms with E-state index in [-0.39, 0.29) is 10.8 Å². The third kappa shape index (κ3) is 3.86. The molecule has 33 heavy (non-hydrogen) atoms. The van der Waals surface area contributed by atoms with Crippen LogP contribution in [0.1, 0.15) is 74.5 Å². The van der Waals surface area contributed by atoms with Crippen LogP contribution in [0.15, 0.2) is 18.2 Å². The molecule has 2 heterocycles. The number of carbonyl (C=O) groups excluding carboxylic acids is 1. The summed E-state index contributed by atoms with van der Waals surface area (Å²) in [6, 6.07) is 8.22. The smallest absolute Gasteiger partial charge is 0.226 e. The van der Waals surface area contributed by atoms with Gasteiger partial charge in [-0.2, -0.15) is 0 Å². The second-order valence-electron chi connectivity index (χ2n) is 12.8. The van der Waals surface area contributed by atoms with Crippen LogP contribution in [0, 0.1) is 31.1 Å². The predicted molar refractivity (Wildman–Crippen MR) is 133 cm³/mol. The van der Waals surface area contributed by atoms with E-state index >= 15 is 0 Å². The van der Waals surface area contributed by atoms with Crippen LogP contribution in [-0.4, -0.2) is 61.0 Å². The molecule has 1 N–H and O–H groups in total. The van der Waals surface area contributed by atoms with Gasteiger partial charge in [-0.3, -0.25) is 9.69 Å². The highest BCUT2D eigenvalue weighted by Gasteiger charge is 2.61. The van der Waals surface area contributed by atoms with E-state index in [1.54, 1.807) is 0 Å². The molecule has 4 saturated carbocycles. The van der Waals surface area contributed by atoms with Crippen molar-refractivity contribution in [1.29, 1.82) is 0 Å². The Kier molecular flexibility index (Phi) is 5.41. The monoisotopic (exact) mass is 449 g/mol. The highest BCUT2D eigenvalue weighted by Crippen LogP contribution is 2.65. The summed E-state index contributed by atoms with van der Waals surface area (Å²) in [5.74, 6) is 1.87. The fourth-order valence-electron chi connectivity index (χ4n) is 8.87. The molecule has 7 rings (SSSR count). The number of hydrogen-bond acceptors (Lipinski definition) is 3. The van der Waals surface area contributed by atoms with E-state index in [0.29, 0.717) is 11.9 Å². The molecule has 0 radical (unpaired) electrons. The number of nitrogens with one attached hydrogen (secondary N) is 1. The first-order valence-electron chi connectivity index (χ1n) is 13.7. The van der Waals surface area contributed by atoms with Crippen LogP contribution in [0.2, 0.25) is 0 Å². The Hall–Kier alpha value is -1.39. The highest BCUT2D eigenvalue weighted by molar-refractivity contribution is 5.84. The van der Waals surface area contributed by atoms with Crippen molar-refractivity contribution >= 4 is 5.91 Å². The summed E-state index contributed by atoms with van der Waals surface area (Å²) >= 11 is 0. The van der Waals surface area contributed by atoms with Crippen molar-refractivity contribution in [3.05, 3.63) is 34.9 Å². The lowest BCUT2D eigenvalue weighted by atomic mass is 9.42. The zero-order valence-electron chi connectivity index (χ0n) is 21.0. The number of likely N-dealkylation sites (tertiary alicyclic amines) is 2. The van der Waals surface area contributed by atoms with Gasteiger partial charge in [-0.15, -0.1) is 0 Å². The number of nitrogens with zero attached hydrogens (tertiary/aromatic N) is 2. The molecule has 4 bridgehead atoms. The number of carbonyl (C=O) groups is 1. The minimum absolute atomic E-state index is 0.121. The largest absolute Gasteiger partial charge is 0.352 e. The van der Waals surface area contributed by atoms with Crippen LogP contribution in [0.5, 0.6) is 0 Å². The van der Waals surface area contributed by atoms with E-state index in [9.17, 15) is 4.79 Å². The molecular formula is C29H43N3O. The maximum atomic E-state index is 13.9. The van der Waals surface area contributed by atoms with Crippen LogP contribution >= 0.6 is 0 Å². The number of rotatable bonds is 4. The number of amides is 1. The quantitative estimate of drug-likeness (QED) is 0.739. The topological polar surface area (TPSA) is 35.6 Å². The second-order valence-corrected chi connectivity index (χ2v) is 12.8. The molecule has 4 heteroatoms. The van der Waals surface area contributed by atoms with Crippen LogP contribution in [0.4, 0.5) is 0 Å². The van der Waals surface area contributed by atoms with Gasteiger partial charge in [-0.05, 0) is 126 Å². The first-order chi connectivity index (χ1) is 15.8. The van der Waals surface area contributed by atoms with Gasteiger partial charge in [0.1, 0.15) is 0 Å². The SMILES string of the molecule is Cc1ccc(C23CC4CC(CC(C(=O)NC5CCN(C6CCN(C)CC6)C5)(C4)C2)C3)cc1C. The van der Waals surface area contributed by atoms with Gasteiger partial charge >= 0.3 is 0 Å². The average molecular weight is 450 g/mol. The minimum atomic E-state index is -0.121. The third-order valence-corrected chi connectivity index (χ3v) is 10.4. The zero-order chi connectivity index (χ0) is 22.8. The van der Waals surface area contributed by atoms with Crippen LogP contribution in [0.3, 0.4) is 0 Å². The molecule has 3 atom stereocenters. The molecule has 180 valence electrons. The first-order valence-corrected chi connectivity index (χ1v) is 13.7. The summed E-state index contributed by atoms with van der Waals surface area (Å²) < 4.78 is 0. The molecule has 6 aliphatic rings. The van der Waals surface area contributed by atoms with Gasteiger partial charge in [0.25, 0.3) is 0 Å².